The summed E-state index contributed by atoms with van der Waals surface area (Å²) in [6, 6.07) is 6.03. The number of ether oxygens (including phenoxy) is 2. The lowest BCUT2D eigenvalue weighted by Crippen LogP contribution is -2.30. The van der Waals surface area contributed by atoms with Gasteiger partial charge >= 0.3 is 0 Å². The maximum absolute atomic E-state index is 6.02. The average molecular weight is 236 g/mol. The van der Waals surface area contributed by atoms with E-state index in [1.165, 1.54) is 0 Å². The van der Waals surface area contributed by atoms with Gasteiger partial charge in [-0.3, -0.25) is 0 Å². The first-order valence-electron chi connectivity index (χ1n) is 6.04. The molecule has 0 spiro atoms. The van der Waals surface area contributed by atoms with Crippen LogP contribution in [0.1, 0.15) is 20.3 Å². The van der Waals surface area contributed by atoms with E-state index in [9.17, 15) is 0 Å². The van der Waals surface area contributed by atoms with Gasteiger partial charge in [0.2, 0.25) is 6.79 Å². The number of fused-ring (bicyclic) bond motifs is 1. The number of hydrogen-bond donors (Lipinski definition) is 2. The van der Waals surface area contributed by atoms with Crippen molar-refractivity contribution in [3.63, 3.8) is 0 Å². The molecule has 0 bridgehead atoms. The highest BCUT2D eigenvalue weighted by atomic mass is 16.7. The molecule has 17 heavy (non-hydrogen) atoms. The van der Waals surface area contributed by atoms with Crippen molar-refractivity contribution in [3.05, 3.63) is 18.2 Å². The standard InChI is InChI=1S/C13H20N2O2/c1-9(2)5-10(14)7-15-11-3-4-12-13(6-11)17-8-16-12/h3-4,6,9-10,15H,5,7-8,14H2,1-2H3. The first-order valence-corrected chi connectivity index (χ1v) is 6.04. The molecular weight excluding hydrogens is 216 g/mol. The van der Waals surface area contributed by atoms with Crippen molar-refractivity contribution in [2.24, 2.45) is 11.7 Å². The number of rotatable bonds is 5. The molecule has 0 amide bonds. The van der Waals surface area contributed by atoms with Crippen LogP contribution in [0.5, 0.6) is 11.5 Å². The second kappa shape index (κ2) is 5.27. The smallest absolute Gasteiger partial charge is 0.231 e. The van der Waals surface area contributed by atoms with Gasteiger partial charge in [-0.15, -0.1) is 0 Å². The van der Waals surface area contributed by atoms with Gasteiger partial charge < -0.3 is 20.5 Å². The molecule has 1 unspecified atom stereocenters. The zero-order valence-electron chi connectivity index (χ0n) is 10.4. The van der Waals surface area contributed by atoms with Gasteiger partial charge in [-0.2, -0.15) is 0 Å². The van der Waals surface area contributed by atoms with Crippen LogP contribution < -0.4 is 20.5 Å². The molecule has 2 rings (SSSR count). The van der Waals surface area contributed by atoms with E-state index in [0.717, 1.165) is 30.2 Å². The van der Waals surface area contributed by atoms with Crippen LogP contribution in [0.2, 0.25) is 0 Å². The Morgan fingerprint density at radius 1 is 1.29 bits per heavy atom. The Balaban J connectivity index is 1.87. The molecule has 1 atom stereocenters. The number of hydrogen-bond acceptors (Lipinski definition) is 4. The van der Waals surface area contributed by atoms with Gasteiger partial charge in [-0.05, 0) is 24.5 Å². The largest absolute Gasteiger partial charge is 0.454 e. The van der Waals surface area contributed by atoms with Gasteiger partial charge in [0.05, 0.1) is 0 Å². The minimum atomic E-state index is 0.181. The van der Waals surface area contributed by atoms with E-state index in [1.54, 1.807) is 0 Å². The number of anilines is 1. The highest BCUT2D eigenvalue weighted by Crippen LogP contribution is 2.34. The van der Waals surface area contributed by atoms with Gasteiger partial charge in [-0.1, -0.05) is 13.8 Å². The molecule has 1 heterocycles. The zero-order chi connectivity index (χ0) is 12.3. The molecule has 1 aromatic rings. The fraction of sp³-hybridized carbons (Fsp3) is 0.538. The predicted molar refractivity (Wildman–Crippen MR) is 68.5 cm³/mol. The van der Waals surface area contributed by atoms with Crippen molar-refractivity contribution in [1.82, 2.24) is 0 Å². The van der Waals surface area contributed by atoms with E-state index in [4.69, 9.17) is 15.2 Å². The second-order valence-electron chi connectivity index (χ2n) is 4.84. The molecule has 4 heteroatoms. The van der Waals surface area contributed by atoms with E-state index < -0.39 is 0 Å². The molecular formula is C13H20N2O2. The molecule has 1 aliphatic rings. The Morgan fingerprint density at radius 2 is 2.06 bits per heavy atom. The van der Waals surface area contributed by atoms with Crippen LogP contribution >= 0.6 is 0 Å². The minimum absolute atomic E-state index is 0.181. The van der Waals surface area contributed by atoms with Crippen LogP contribution in [0.4, 0.5) is 5.69 Å². The molecule has 94 valence electrons. The predicted octanol–water partition coefficient (Wildman–Crippen LogP) is 2.20. The number of nitrogens with two attached hydrogens (primary N) is 1. The summed E-state index contributed by atoms with van der Waals surface area (Å²) >= 11 is 0. The van der Waals surface area contributed by atoms with E-state index in [-0.39, 0.29) is 6.04 Å². The lowest BCUT2D eigenvalue weighted by atomic mass is 10.0. The highest BCUT2D eigenvalue weighted by molar-refractivity contribution is 5.55. The average Bonchev–Trinajstić information content (AvgIpc) is 2.72. The summed E-state index contributed by atoms with van der Waals surface area (Å²) in [5, 5.41) is 3.32. The van der Waals surface area contributed by atoms with Crippen LogP contribution in [0.25, 0.3) is 0 Å². The molecule has 0 saturated carbocycles. The molecule has 0 saturated heterocycles. The van der Waals surface area contributed by atoms with Crippen LogP contribution in [0, 0.1) is 5.92 Å². The summed E-state index contributed by atoms with van der Waals surface area (Å²) in [6.07, 6.45) is 1.03. The molecule has 4 nitrogen and oxygen atoms in total. The second-order valence-corrected chi connectivity index (χ2v) is 4.84. The summed E-state index contributed by atoms with van der Waals surface area (Å²) in [6.45, 7) is 5.45. The third-order valence-corrected chi connectivity index (χ3v) is 2.72. The Labute approximate surface area is 102 Å². The summed E-state index contributed by atoms with van der Waals surface area (Å²) in [5.74, 6) is 2.23. The molecule has 1 aromatic carbocycles. The van der Waals surface area contributed by atoms with E-state index in [1.807, 2.05) is 18.2 Å². The van der Waals surface area contributed by atoms with Crippen LogP contribution in [-0.4, -0.2) is 19.4 Å². The summed E-state index contributed by atoms with van der Waals surface area (Å²) in [5.41, 5.74) is 7.04. The number of benzene rings is 1. The molecule has 0 radical (unpaired) electrons. The van der Waals surface area contributed by atoms with Gasteiger partial charge in [0, 0.05) is 24.3 Å². The summed E-state index contributed by atoms with van der Waals surface area (Å²) in [7, 11) is 0. The van der Waals surface area contributed by atoms with Crippen molar-refractivity contribution in [1.29, 1.82) is 0 Å². The van der Waals surface area contributed by atoms with Crippen molar-refractivity contribution in [3.8, 4) is 11.5 Å². The number of nitrogens with one attached hydrogen (secondary N) is 1. The minimum Gasteiger partial charge on any atom is -0.454 e. The molecule has 3 N–H and O–H groups in total. The Kier molecular flexibility index (Phi) is 3.74. The van der Waals surface area contributed by atoms with Crippen molar-refractivity contribution in [2.45, 2.75) is 26.3 Å². The van der Waals surface area contributed by atoms with Gasteiger partial charge in [0.1, 0.15) is 0 Å². The maximum atomic E-state index is 6.02. The fourth-order valence-corrected chi connectivity index (χ4v) is 1.94. The third kappa shape index (κ3) is 3.27. The quantitative estimate of drug-likeness (QED) is 0.823. The Bertz CT molecular complexity index is 380. The van der Waals surface area contributed by atoms with E-state index in [2.05, 4.69) is 19.2 Å². The van der Waals surface area contributed by atoms with Crippen molar-refractivity contribution >= 4 is 5.69 Å². The SMILES string of the molecule is CC(C)CC(N)CNc1ccc2c(c1)OCO2. The van der Waals surface area contributed by atoms with Crippen molar-refractivity contribution in [2.75, 3.05) is 18.7 Å². The summed E-state index contributed by atoms with van der Waals surface area (Å²) < 4.78 is 10.6. The molecule has 1 aliphatic heterocycles. The third-order valence-electron chi connectivity index (χ3n) is 2.72. The fourth-order valence-electron chi connectivity index (χ4n) is 1.94. The van der Waals surface area contributed by atoms with Gasteiger partial charge in [-0.25, -0.2) is 0 Å². The van der Waals surface area contributed by atoms with Gasteiger partial charge in [0.15, 0.2) is 11.5 Å². The summed E-state index contributed by atoms with van der Waals surface area (Å²) in [4.78, 5) is 0. The van der Waals surface area contributed by atoms with Crippen LogP contribution in [-0.2, 0) is 0 Å². The van der Waals surface area contributed by atoms with Crippen molar-refractivity contribution < 1.29 is 9.47 Å². The van der Waals surface area contributed by atoms with Crippen LogP contribution in [0.15, 0.2) is 18.2 Å². The molecule has 0 fully saturated rings. The lowest BCUT2D eigenvalue weighted by Gasteiger charge is -2.15. The first-order chi connectivity index (χ1) is 8.15. The van der Waals surface area contributed by atoms with E-state index >= 15 is 0 Å². The normalized spacial score (nSPS) is 15.1. The maximum Gasteiger partial charge on any atom is 0.231 e. The zero-order valence-corrected chi connectivity index (χ0v) is 10.4. The van der Waals surface area contributed by atoms with Gasteiger partial charge in [0.25, 0.3) is 0 Å². The lowest BCUT2D eigenvalue weighted by molar-refractivity contribution is 0.174. The highest BCUT2D eigenvalue weighted by Gasteiger charge is 2.13. The first kappa shape index (κ1) is 12.0. The topological polar surface area (TPSA) is 56.5 Å². The molecule has 0 aliphatic carbocycles. The Morgan fingerprint density at radius 3 is 2.82 bits per heavy atom. The monoisotopic (exact) mass is 236 g/mol. The molecule has 0 aromatic heterocycles. The Hall–Kier alpha value is -1.42. The van der Waals surface area contributed by atoms with E-state index in [0.29, 0.717) is 12.7 Å². The van der Waals surface area contributed by atoms with Crippen LogP contribution in [0.3, 0.4) is 0 Å².